The van der Waals surface area contributed by atoms with Crippen LogP contribution in [-0.2, 0) is 0 Å². The predicted molar refractivity (Wildman–Crippen MR) is 75.3 cm³/mol. The third kappa shape index (κ3) is 5.36. The Bertz CT molecular complexity index is 178. The molecule has 0 spiro atoms. The van der Waals surface area contributed by atoms with E-state index in [4.69, 9.17) is 5.73 Å². The van der Waals surface area contributed by atoms with Crippen LogP contribution in [0.2, 0.25) is 0 Å². The molecule has 0 bridgehead atoms. The van der Waals surface area contributed by atoms with Gasteiger partial charge in [-0.05, 0) is 51.9 Å². The molecule has 3 heteroatoms. The van der Waals surface area contributed by atoms with Crippen LogP contribution in [0.15, 0.2) is 0 Å². The van der Waals surface area contributed by atoms with Crippen molar-refractivity contribution in [2.24, 2.45) is 5.73 Å². The lowest BCUT2D eigenvalue weighted by Gasteiger charge is -2.36. The Morgan fingerprint density at radius 1 is 1.24 bits per heavy atom. The molecule has 0 aromatic heterocycles. The standard InChI is InChI=1S/C14H31N3/c1-3-16(4-2)11-7-9-14-8-5-6-12-17(14)13-10-15/h14H,3-13,15H2,1-2H3. The Labute approximate surface area is 107 Å². The van der Waals surface area contributed by atoms with E-state index in [1.54, 1.807) is 0 Å². The Balaban J connectivity index is 2.23. The molecule has 1 heterocycles. The summed E-state index contributed by atoms with van der Waals surface area (Å²) in [7, 11) is 0. The van der Waals surface area contributed by atoms with Gasteiger partial charge in [-0.2, -0.15) is 0 Å². The van der Waals surface area contributed by atoms with Crippen LogP contribution in [0.5, 0.6) is 0 Å². The summed E-state index contributed by atoms with van der Waals surface area (Å²) >= 11 is 0. The number of likely N-dealkylation sites (tertiary alicyclic amines) is 1. The maximum atomic E-state index is 5.69. The molecule has 0 aromatic rings. The summed E-state index contributed by atoms with van der Waals surface area (Å²) in [6, 6.07) is 0.808. The van der Waals surface area contributed by atoms with E-state index >= 15 is 0 Å². The van der Waals surface area contributed by atoms with Gasteiger partial charge in [0.25, 0.3) is 0 Å². The van der Waals surface area contributed by atoms with Crippen LogP contribution in [0.4, 0.5) is 0 Å². The van der Waals surface area contributed by atoms with Crippen LogP contribution in [-0.4, -0.2) is 55.1 Å². The zero-order valence-corrected chi connectivity index (χ0v) is 11.8. The largest absolute Gasteiger partial charge is 0.329 e. The van der Waals surface area contributed by atoms with E-state index in [1.165, 1.54) is 58.3 Å². The molecular weight excluding hydrogens is 210 g/mol. The number of nitrogens with zero attached hydrogens (tertiary/aromatic N) is 2. The van der Waals surface area contributed by atoms with E-state index < -0.39 is 0 Å². The highest BCUT2D eigenvalue weighted by molar-refractivity contribution is 4.77. The topological polar surface area (TPSA) is 32.5 Å². The van der Waals surface area contributed by atoms with Crippen LogP contribution in [0, 0.1) is 0 Å². The van der Waals surface area contributed by atoms with Gasteiger partial charge in [-0.1, -0.05) is 20.3 Å². The van der Waals surface area contributed by atoms with Gasteiger partial charge in [-0.3, -0.25) is 4.90 Å². The summed E-state index contributed by atoms with van der Waals surface area (Å²) in [5.41, 5.74) is 5.69. The Morgan fingerprint density at radius 3 is 2.65 bits per heavy atom. The van der Waals surface area contributed by atoms with Crippen molar-refractivity contribution in [2.75, 3.05) is 39.3 Å². The van der Waals surface area contributed by atoms with Crippen molar-refractivity contribution in [2.45, 2.75) is 52.0 Å². The van der Waals surface area contributed by atoms with Gasteiger partial charge in [0.1, 0.15) is 0 Å². The predicted octanol–water partition coefficient (Wildman–Crippen LogP) is 1.92. The van der Waals surface area contributed by atoms with Gasteiger partial charge in [0.2, 0.25) is 0 Å². The van der Waals surface area contributed by atoms with Crippen LogP contribution >= 0.6 is 0 Å². The Kier molecular flexibility index (Phi) is 7.82. The first-order chi connectivity index (χ1) is 8.31. The first kappa shape index (κ1) is 14.9. The van der Waals surface area contributed by atoms with Gasteiger partial charge in [0, 0.05) is 19.1 Å². The normalized spacial score (nSPS) is 22.2. The minimum atomic E-state index is 0.808. The first-order valence-electron chi connectivity index (χ1n) is 7.48. The van der Waals surface area contributed by atoms with Crippen molar-refractivity contribution in [3.05, 3.63) is 0 Å². The first-order valence-corrected chi connectivity index (χ1v) is 7.48. The van der Waals surface area contributed by atoms with Crippen LogP contribution in [0.1, 0.15) is 46.0 Å². The van der Waals surface area contributed by atoms with Gasteiger partial charge in [0.05, 0.1) is 0 Å². The van der Waals surface area contributed by atoms with Gasteiger partial charge in [-0.15, -0.1) is 0 Å². The zero-order chi connectivity index (χ0) is 12.5. The molecule has 0 radical (unpaired) electrons. The number of hydrogen-bond donors (Lipinski definition) is 1. The highest BCUT2D eigenvalue weighted by atomic mass is 15.2. The minimum absolute atomic E-state index is 0.808. The molecule has 1 rings (SSSR count). The number of nitrogens with two attached hydrogens (primary N) is 1. The van der Waals surface area contributed by atoms with Gasteiger partial charge < -0.3 is 10.6 Å². The smallest absolute Gasteiger partial charge is 0.0108 e. The van der Waals surface area contributed by atoms with Crippen molar-refractivity contribution in [3.63, 3.8) is 0 Å². The SMILES string of the molecule is CCN(CC)CCCC1CCCCN1CCN. The molecule has 1 aliphatic heterocycles. The lowest BCUT2D eigenvalue weighted by Crippen LogP contribution is -2.42. The average molecular weight is 241 g/mol. The second-order valence-corrected chi connectivity index (χ2v) is 5.14. The average Bonchev–Trinajstić information content (AvgIpc) is 2.37. The van der Waals surface area contributed by atoms with Gasteiger partial charge in [-0.25, -0.2) is 0 Å². The summed E-state index contributed by atoms with van der Waals surface area (Å²) < 4.78 is 0. The summed E-state index contributed by atoms with van der Waals surface area (Å²) in [6.45, 7) is 11.3. The van der Waals surface area contributed by atoms with E-state index in [9.17, 15) is 0 Å². The fourth-order valence-corrected chi connectivity index (χ4v) is 2.94. The number of piperidine rings is 1. The molecule has 2 N–H and O–H groups in total. The molecule has 17 heavy (non-hydrogen) atoms. The van der Waals surface area contributed by atoms with Crippen molar-refractivity contribution in [1.82, 2.24) is 9.80 Å². The van der Waals surface area contributed by atoms with E-state index in [2.05, 4.69) is 23.6 Å². The third-order valence-corrected chi connectivity index (χ3v) is 4.07. The van der Waals surface area contributed by atoms with E-state index in [-0.39, 0.29) is 0 Å². The second-order valence-electron chi connectivity index (χ2n) is 5.14. The molecule has 1 aliphatic rings. The fourth-order valence-electron chi connectivity index (χ4n) is 2.94. The van der Waals surface area contributed by atoms with Crippen LogP contribution < -0.4 is 5.73 Å². The number of hydrogen-bond acceptors (Lipinski definition) is 3. The van der Waals surface area contributed by atoms with E-state index in [0.29, 0.717) is 0 Å². The second kappa shape index (κ2) is 8.90. The summed E-state index contributed by atoms with van der Waals surface area (Å²) in [4.78, 5) is 5.14. The fraction of sp³-hybridized carbons (Fsp3) is 1.00. The van der Waals surface area contributed by atoms with Gasteiger partial charge >= 0.3 is 0 Å². The monoisotopic (exact) mass is 241 g/mol. The number of rotatable bonds is 8. The molecule has 1 atom stereocenters. The molecule has 0 aliphatic carbocycles. The third-order valence-electron chi connectivity index (χ3n) is 4.07. The van der Waals surface area contributed by atoms with Crippen molar-refractivity contribution in [1.29, 1.82) is 0 Å². The zero-order valence-electron chi connectivity index (χ0n) is 11.8. The maximum absolute atomic E-state index is 5.69. The van der Waals surface area contributed by atoms with Crippen LogP contribution in [0.3, 0.4) is 0 Å². The van der Waals surface area contributed by atoms with Crippen LogP contribution in [0.25, 0.3) is 0 Å². The molecule has 0 aromatic carbocycles. The Morgan fingerprint density at radius 2 is 2.00 bits per heavy atom. The van der Waals surface area contributed by atoms with E-state index in [0.717, 1.165) is 19.1 Å². The lowest BCUT2D eigenvalue weighted by molar-refractivity contribution is 0.138. The highest BCUT2D eigenvalue weighted by Gasteiger charge is 2.21. The summed E-state index contributed by atoms with van der Waals surface area (Å²) in [5.74, 6) is 0. The molecule has 102 valence electrons. The molecule has 0 amide bonds. The minimum Gasteiger partial charge on any atom is -0.329 e. The molecule has 0 saturated carbocycles. The molecule has 1 fully saturated rings. The van der Waals surface area contributed by atoms with Gasteiger partial charge in [0.15, 0.2) is 0 Å². The molecule has 3 nitrogen and oxygen atoms in total. The lowest BCUT2D eigenvalue weighted by atomic mass is 9.98. The summed E-state index contributed by atoms with van der Waals surface area (Å²) in [6.07, 6.45) is 6.87. The molecule has 1 unspecified atom stereocenters. The summed E-state index contributed by atoms with van der Waals surface area (Å²) in [5, 5.41) is 0. The van der Waals surface area contributed by atoms with E-state index in [1.807, 2.05) is 0 Å². The van der Waals surface area contributed by atoms with Crippen molar-refractivity contribution < 1.29 is 0 Å². The molecule has 1 saturated heterocycles. The molecular formula is C14H31N3. The van der Waals surface area contributed by atoms with Crippen molar-refractivity contribution in [3.8, 4) is 0 Å². The Hall–Kier alpha value is -0.120. The highest BCUT2D eigenvalue weighted by Crippen LogP contribution is 2.20. The van der Waals surface area contributed by atoms with Crippen molar-refractivity contribution >= 4 is 0 Å². The quantitative estimate of drug-likeness (QED) is 0.705. The maximum Gasteiger partial charge on any atom is 0.0108 e.